The first kappa shape index (κ1) is 10.4. The second-order valence-electron chi connectivity index (χ2n) is 3.62. The number of nitrogens with two attached hydrogens (primary N) is 1. The Balaban J connectivity index is 1.94. The Morgan fingerprint density at radius 1 is 1.35 bits per heavy atom. The molecule has 2 aromatic rings. The van der Waals surface area contributed by atoms with Crippen molar-refractivity contribution < 1.29 is 14.6 Å². The number of nitrogens with zero attached hydrogens (tertiary/aromatic N) is 1. The Morgan fingerprint density at radius 3 is 2.94 bits per heavy atom. The van der Waals surface area contributed by atoms with Crippen molar-refractivity contribution in [2.75, 3.05) is 12.5 Å². The van der Waals surface area contributed by atoms with E-state index in [9.17, 15) is 5.11 Å². The van der Waals surface area contributed by atoms with E-state index < -0.39 is 6.10 Å². The molecule has 17 heavy (non-hydrogen) atoms. The Kier molecular flexibility index (Phi) is 2.38. The summed E-state index contributed by atoms with van der Waals surface area (Å²) in [6.45, 7) is 0.225. The van der Waals surface area contributed by atoms with Gasteiger partial charge in [-0.2, -0.15) is 0 Å². The van der Waals surface area contributed by atoms with Crippen molar-refractivity contribution in [3.8, 4) is 11.5 Å². The van der Waals surface area contributed by atoms with Gasteiger partial charge in [-0.25, -0.2) is 4.98 Å². The molecule has 0 spiro atoms. The van der Waals surface area contributed by atoms with Crippen LogP contribution in [0.3, 0.4) is 0 Å². The van der Waals surface area contributed by atoms with Gasteiger partial charge >= 0.3 is 0 Å². The maximum absolute atomic E-state index is 10.2. The highest BCUT2D eigenvalue weighted by atomic mass is 32.1. The van der Waals surface area contributed by atoms with Crippen molar-refractivity contribution >= 4 is 16.5 Å². The van der Waals surface area contributed by atoms with Crippen LogP contribution in [0.2, 0.25) is 0 Å². The van der Waals surface area contributed by atoms with Crippen molar-refractivity contribution in [1.29, 1.82) is 0 Å². The zero-order valence-electron chi connectivity index (χ0n) is 8.79. The molecule has 0 saturated carbocycles. The Bertz CT molecular complexity index is 555. The molecule has 1 aliphatic heterocycles. The van der Waals surface area contributed by atoms with E-state index in [1.807, 2.05) is 0 Å². The summed E-state index contributed by atoms with van der Waals surface area (Å²) in [7, 11) is 0. The first-order valence-corrected chi connectivity index (χ1v) is 5.84. The van der Waals surface area contributed by atoms with Gasteiger partial charge in [-0.1, -0.05) is 17.4 Å². The van der Waals surface area contributed by atoms with E-state index in [-0.39, 0.29) is 6.79 Å². The lowest BCUT2D eigenvalue weighted by Crippen LogP contribution is -1.96. The minimum absolute atomic E-state index is 0.225. The summed E-state index contributed by atoms with van der Waals surface area (Å²) in [6.07, 6.45) is 0.842. The van der Waals surface area contributed by atoms with E-state index in [2.05, 4.69) is 4.98 Å². The Morgan fingerprint density at radius 2 is 2.18 bits per heavy atom. The van der Waals surface area contributed by atoms with E-state index in [1.54, 1.807) is 24.4 Å². The number of nitrogen functional groups attached to an aromatic ring is 1. The van der Waals surface area contributed by atoms with E-state index in [4.69, 9.17) is 15.2 Å². The average Bonchev–Trinajstić information content (AvgIpc) is 2.95. The summed E-state index contributed by atoms with van der Waals surface area (Å²) in [5, 5.41) is 10.6. The molecule has 0 fully saturated rings. The van der Waals surface area contributed by atoms with E-state index >= 15 is 0 Å². The highest BCUT2D eigenvalue weighted by molar-refractivity contribution is 7.15. The fourth-order valence-corrected chi connectivity index (χ4v) is 2.37. The largest absolute Gasteiger partial charge is 0.454 e. The summed E-state index contributed by atoms with van der Waals surface area (Å²) in [6, 6.07) is 5.35. The lowest BCUT2D eigenvalue weighted by molar-refractivity contribution is 0.173. The minimum atomic E-state index is -0.737. The molecule has 1 unspecified atom stereocenters. The topological polar surface area (TPSA) is 77.6 Å². The predicted octanol–water partition coefficient (Wildman–Crippen LogP) is 1.54. The third kappa shape index (κ3) is 1.81. The van der Waals surface area contributed by atoms with Gasteiger partial charge in [-0.05, 0) is 17.7 Å². The van der Waals surface area contributed by atoms with Crippen LogP contribution < -0.4 is 15.2 Å². The molecule has 0 radical (unpaired) electrons. The molecule has 0 saturated heterocycles. The van der Waals surface area contributed by atoms with Gasteiger partial charge in [0, 0.05) is 6.20 Å². The molecule has 0 bridgehead atoms. The highest BCUT2D eigenvalue weighted by Crippen LogP contribution is 2.36. The molecule has 0 aliphatic carbocycles. The number of anilines is 1. The third-order valence-electron chi connectivity index (χ3n) is 2.52. The van der Waals surface area contributed by atoms with Crippen molar-refractivity contribution in [3.05, 3.63) is 34.8 Å². The Hall–Kier alpha value is -1.79. The first-order chi connectivity index (χ1) is 8.24. The fourth-order valence-electron chi connectivity index (χ4n) is 1.67. The molecule has 6 heteroatoms. The van der Waals surface area contributed by atoms with Crippen LogP contribution in [0, 0.1) is 0 Å². The van der Waals surface area contributed by atoms with Gasteiger partial charge in [0.25, 0.3) is 0 Å². The second kappa shape index (κ2) is 3.90. The predicted molar refractivity (Wildman–Crippen MR) is 63.2 cm³/mol. The van der Waals surface area contributed by atoms with Crippen LogP contribution >= 0.6 is 11.3 Å². The zero-order valence-corrected chi connectivity index (χ0v) is 9.61. The number of hydrogen-bond donors (Lipinski definition) is 2. The van der Waals surface area contributed by atoms with Crippen LogP contribution in [0.1, 0.15) is 16.5 Å². The van der Waals surface area contributed by atoms with Crippen LogP contribution in [0.25, 0.3) is 0 Å². The third-order valence-corrected chi connectivity index (χ3v) is 3.40. The van der Waals surface area contributed by atoms with Crippen LogP contribution in [-0.4, -0.2) is 16.9 Å². The molecule has 3 N–H and O–H groups in total. The Labute approximate surface area is 101 Å². The zero-order chi connectivity index (χ0) is 11.8. The maximum Gasteiger partial charge on any atom is 0.231 e. The summed E-state index contributed by atoms with van der Waals surface area (Å²) in [4.78, 5) is 4.63. The molecule has 1 aromatic heterocycles. The van der Waals surface area contributed by atoms with Gasteiger partial charge in [0.2, 0.25) is 6.79 Å². The molecule has 3 rings (SSSR count). The molecule has 1 atom stereocenters. The number of fused-ring (bicyclic) bond motifs is 1. The van der Waals surface area contributed by atoms with Gasteiger partial charge in [0.15, 0.2) is 16.6 Å². The van der Waals surface area contributed by atoms with Gasteiger partial charge < -0.3 is 20.3 Å². The van der Waals surface area contributed by atoms with Gasteiger partial charge in [0.1, 0.15) is 6.10 Å². The standard InChI is InChI=1S/C11H10N2O3S/c12-11-13-4-9(17-11)10(14)6-1-2-7-8(3-6)16-5-15-7/h1-4,10,14H,5H2,(H2,12,13). The van der Waals surface area contributed by atoms with Crippen molar-refractivity contribution in [3.63, 3.8) is 0 Å². The smallest absolute Gasteiger partial charge is 0.231 e. The SMILES string of the molecule is Nc1ncc(C(O)c2ccc3c(c2)OCO3)s1. The summed E-state index contributed by atoms with van der Waals surface area (Å²) in [5.74, 6) is 1.35. The van der Waals surface area contributed by atoms with E-state index in [0.29, 0.717) is 21.5 Å². The number of aliphatic hydroxyl groups excluding tert-OH is 1. The number of hydrogen-bond acceptors (Lipinski definition) is 6. The number of thiazole rings is 1. The number of aromatic nitrogens is 1. The number of benzene rings is 1. The van der Waals surface area contributed by atoms with Crippen molar-refractivity contribution in [2.45, 2.75) is 6.10 Å². The molecular weight excluding hydrogens is 240 g/mol. The first-order valence-electron chi connectivity index (χ1n) is 5.03. The van der Waals surface area contributed by atoms with Gasteiger partial charge in [-0.3, -0.25) is 0 Å². The number of ether oxygens (including phenoxy) is 2. The van der Waals surface area contributed by atoms with E-state index in [0.717, 1.165) is 5.56 Å². The second-order valence-corrected chi connectivity index (χ2v) is 4.71. The summed E-state index contributed by atoms with van der Waals surface area (Å²) in [5.41, 5.74) is 6.27. The molecule has 1 aliphatic rings. The van der Waals surface area contributed by atoms with Crippen LogP contribution in [-0.2, 0) is 0 Å². The lowest BCUT2D eigenvalue weighted by atomic mass is 10.1. The normalized spacial score (nSPS) is 14.9. The van der Waals surface area contributed by atoms with Gasteiger partial charge in [0.05, 0.1) is 4.88 Å². The van der Waals surface area contributed by atoms with Crippen LogP contribution in [0.5, 0.6) is 11.5 Å². The molecule has 88 valence electrons. The monoisotopic (exact) mass is 250 g/mol. The fraction of sp³-hybridized carbons (Fsp3) is 0.182. The quantitative estimate of drug-likeness (QED) is 0.845. The summed E-state index contributed by atoms with van der Waals surface area (Å²) < 4.78 is 10.5. The minimum Gasteiger partial charge on any atom is -0.454 e. The van der Waals surface area contributed by atoms with Crippen LogP contribution in [0.15, 0.2) is 24.4 Å². The van der Waals surface area contributed by atoms with Gasteiger partial charge in [-0.15, -0.1) is 0 Å². The van der Waals surface area contributed by atoms with E-state index in [1.165, 1.54) is 11.3 Å². The average molecular weight is 250 g/mol. The number of aliphatic hydroxyl groups is 1. The summed E-state index contributed by atoms with van der Waals surface area (Å²) >= 11 is 1.27. The lowest BCUT2D eigenvalue weighted by Gasteiger charge is -2.08. The molecule has 0 amide bonds. The molecule has 1 aromatic carbocycles. The highest BCUT2D eigenvalue weighted by Gasteiger charge is 2.18. The molecular formula is C11H10N2O3S. The number of rotatable bonds is 2. The van der Waals surface area contributed by atoms with Crippen molar-refractivity contribution in [1.82, 2.24) is 4.98 Å². The maximum atomic E-state index is 10.2. The van der Waals surface area contributed by atoms with Crippen molar-refractivity contribution in [2.24, 2.45) is 0 Å². The molecule has 2 heterocycles. The van der Waals surface area contributed by atoms with Crippen LogP contribution in [0.4, 0.5) is 5.13 Å². The molecule has 5 nitrogen and oxygen atoms in total.